The molecule has 0 unspecified atom stereocenters. The van der Waals surface area contributed by atoms with Crippen molar-refractivity contribution < 1.29 is 14.3 Å². The van der Waals surface area contributed by atoms with Gasteiger partial charge in [0.25, 0.3) is 0 Å². The van der Waals surface area contributed by atoms with E-state index in [1.54, 1.807) is 7.11 Å². The molecule has 2 saturated heterocycles. The highest BCUT2D eigenvalue weighted by molar-refractivity contribution is 5.86. The van der Waals surface area contributed by atoms with Crippen molar-refractivity contribution in [3.8, 4) is 0 Å². The standard InChI is InChI=1S/C30H42N6O3/c1-22-18-23(21-32-30(38)35-15-13-34(14-16-35)25-9-4-3-5-10-25)19-28(33-22)36-26-11-7-6-8-24(26)20-27(36)29(37)31-12-17-39-2/h3-5,9-10,18-19,24,26-27H,6-8,11-17,20-21H2,1-2H3,(H,31,37)(H,32,38)/t24-,26-,27-/m0/s1. The summed E-state index contributed by atoms with van der Waals surface area (Å²) in [6, 6.07) is 14.5. The van der Waals surface area contributed by atoms with Gasteiger partial charge in [0.1, 0.15) is 11.9 Å². The summed E-state index contributed by atoms with van der Waals surface area (Å²) in [5, 5.41) is 6.18. The number of amides is 3. The van der Waals surface area contributed by atoms with Crippen molar-refractivity contribution in [2.75, 3.05) is 56.2 Å². The van der Waals surface area contributed by atoms with Gasteiger partial charge in [-0.3, -0.25) is 4.79 Å². The van der Waals surface area contributed by atoms with E-state index in [4.69, 9.17) is 9.72 Å². The number of hydrogen-bond acceptors (Lipinski definition) is 6. The molecule has 2 N–H and O–H groups in total. The maximum Gasteiger partial charge on any atom is 0.317 e. The zero-order chi connectivity index (χ0) is 27.2. The molecule has 210 valence electrons. The van der Waals surface area contributed by atoms with Crippen LogP contribution in [-0.2, 0) is 16.1 Å². The fraction of sp³-hybridized carbons (Fsp3) is 0.567. The summed E-state index contributed by atoms with van der Waals surface area (Å²) in [5.41, 5.74) is 3.10. The number of hydrogen-bond donors (Lipinski definition) is 2. The van der Waals surface area contributed by atoms with Gasteiger partial charge in [0.15, 0.2) is 0 Å². The Morgan fingerprint density at radius 2 is 1.79 bits per heavy atom. The number of para-hydroxylation sites is 1. The number of urea groups is 1. The normalized spacial score (nSPS) is 22.9. The molecule has 0 bridgehead atoms. The van der Waals surface area contributed by atoms with Crippen LogP contribution in [0.4, 0.5) is 16.3 Å². The molecular formula is C30H42N6O3. The lowest BCUT2D eigenvalue weighted by Crippen LogP contribution is -2.51. The number of carbonyl (C=O) groups is 2. The molecule has 3 aliphatic rings. The van der Waals surface area contributed by atoms with Crippen LogP contribution >= 0.6 is 0 Å². The molecule has 1 aliphatic carbocycles. The second kappa shape index (κ2) is 12.7. The highest BCUT2D eigenvalue weighted by Crippen LogP contribution is 2.42. The van der Waals surface area contributed by atoms with Crippen molar-refractivity contribution >= 4 is 23.4 Å². The first-order valence-electron chi connectivity index (χ1n) is 14.4. The molecule has 2 aliphatic heterocycles. The van der Waals surface area contributed by atoms with Gasteiger partial charge in [0, 0.05) is 63.8 Å². The lowest BCUT2D eigenvalue weighted by atomic mass is 9.84. The molecule has 3 atom stereocenters. The molecule has 39 heavy (non-hydrogen) atoms. The molecule has 2 aromatic rings. The molecule has 1 aromatic carbocycles. The number of aryl methyl sites for hydroxylation is 1. The topological polar surface area (TPSA) is 90.0 Å². The van der Waals surface area contributed by atoms with Gasteiger partial charge in [-0.25, -0.2) is 9.78 Å². The Balaban J connectivity index is 1.23. The van der Waals surface area contributed by atoms with Crippen molar-refractivity contribution in [3.05, 3.63) is 53.7 Å². The van der Waals surface area contributed by atoms with Gasteiger partial charge < -0.3 is 30.1 Å². The lowest BCUT2D eigenvalue weighted by Gasteiger charge is -2.36. The zero-order valence-electron chi connectivity index (χ0n) is 23.3. The summed E-state index contributed by atoms with van der Waals surface area (Å²) >= 11 is 0. The highest BCUT2D eigenvalue weighted by atomic mass is 16.5. The van der Waals surface area contributed by atoms with Gasteiger partial charge in [-0.1, -0.05) is 31.0 Å². The number of fused-ring (bicyclic) bond motifs is 1. The third-order valence-corrected chi connectivity index (χ3v) is 8.39. The maximum absolute atomic E-state index is 13.2. The smallest absolute Gasteiger partial charge is 0.317 e. The van der Waals surface area contributed by atoms with Crippen LogP contribution < -0.4 is 20.4 Å². The van der Waals surface area contributed by atoms with Crippen LogP contribution in [-0.4, -0.2) is 80.3 Å². The largest absolute Gasteiger partial charge is 0.383 e. The quantitative estimate of drug-likeness (QED) is 0.505. The van der Waals surface area contributed by atoms with Crippen LogP contribution in [0.15, 0.2) is 42.5 Å². The molecule has 0 spiro atoms. The minimum absolute atomic E-state index is 0.0392. The van der Waals surface area contributed by atoms with Crippen molar-refractivity contribution in [2.45, 2.75) is 57.7 Å². The first-order valence-corrected chi connectivity index (χ1v) is 14.4. The number of pyridine rings is 1. The number of methoxy groups -OCH3 is 1. The van der Waals surface area contributed by atoms with Gasteiger partial charge in [-0.05, 0) is 61.9 Å². The Morgan fingerprint density at radius 1 is 1.03 bits per heavy atom. The van der Waals surface area contributed by atoms with Crippen LogP contribution in [0, 0.1) is 12.8 Å². The molecule has 3 heterocycles. The second-order valence-electron chi connectivity index (χ2n) is 11.0. The maximum atomic E-state index is 13.2. The molecular weight excluding hydrogens is 492 g/mol. The van der Waals surface area contributed by atoms with Crippen LogP contribution in [0.25, 0.3) is 0 Å². The molecule has 1 aromatic heterocycles. The van der Waals surface area contributed by atoms with E-state index in [0.717, 1.165) is 49.4 Å². The van der Waals surface area contributed by atoms with Crippen LogP contribution in [0.3, 0.4) is 0 Å². The first kappa shape index (κ1) is 27.2. The molecule has 3 amide bonds. The average molecular weight is 535 g/mol. The number of nitrogens with one attached hydrogen (secondary N) is 2. The Bertz CT molecular complexity index is 1120. The summed E-state index contributed by atoms with van der Waals surface area (Å²) in [7, 11) is 1.64. The van der Waals surface area contributed by atoms with E-state index in [0.29, 0.717) is 44.7 Å². The Labute approximate surface area is 231 Å². The number of nitrogens with zero attached hydrogens (tertiary/aromatic N) is 4. The predicted molar refractivity (Wildman–Crippen MR) is 153 cm³/mol. The monoisotopic (exact) mass is 534 g/mol. The van der Waals surface area contributed by atoms with Crippen molar-refractivity contribution in [2.24, 2.45) is 5.92 Å². The van der Waals surface area contributed by atoms with Crippen molar-refractivity contribution in [1.82, 2.24) is 20.5 Å². The number of carbonyl (C=O) groups excluding carboxylic acids is 2. The summed E-state index contributed by atoms with van der Waals surface area (Å²) in [6.45, 7) is 6.45. The van der Waals surface area contributed by atoms with E-state index in [1.807, 2.05) is 36.1 Å². The number of rotatable bonds is 8. The zero-order valence-corrected chi connectivity index (χ0v) is 23.3. The van der Waals surface area contributed by atoms with E-state index in [2.05, 4.69) is 38.6 Å². The summed E-state index contributed by atoms with van der Waals surface area (Å²) < 4.78 is 5.13. The first-order chi connectivity index (χ1) is 19.0. The number of piperazine rings is 1. The molecule has 3 fully saturated rings. The van der Waals surface area contributed by atoms with Gasteiger partial charge in [-0.15, -0.1) is 0 Å². The molecule has 0 radical (unpaired) electrons. The molecule has 1 saturated carbocycles. The minimum Gasteiger partial charge on any atom is -0.383 e. The van der Waals surface area contributed by atoms with Gasteiger partial charge in [0.05, 0.1) is 6.61 Å². The van der Waals surface area contributed by atoms with E-state index in [9.17, 15) is 9.59 Å². The SMILES string of the molecule is COCCNC(=O)[C@@H]1C[C@@H]2CCCC[C@@H]2N1c1cc(CNC(=O)N2CCN(c3ccccc3)CC2)cc(C)n1. The lowest BCUT2D eigenvalue weighted by molar-refractivity contribution is -0.122. The average Bonchev–Trinajstić information content (AvgIpc) is 3.36. The van der Waals surface area contributed by atoms with Crippen molar-refractivity contribution in [1.29, 1.82) is 0 Å². The van der Waals surface area contributed by atoms with Gasteiger partial charge in [0.2, 0.25) is 5.91 Å². The van der Waals surface area contributed by atoms with E-state index >= 15 is 0 Å². The fourth-order valence-corrected chi connectivity index (χ4v) is 6.47. The number of aromatic nitrogens is 1. The van der Waals surface area contributed by atoms with Crippen molar-refractivity contribution in [3.63, 3.8) is 0 Å². The van der Waals surface area contributed by atoms with Crippen LogP contribution in [0.5, 0.6) is 0 Å². The molecule has 9 heteroatoms. The summed E-state index contributed by atoms with van der Waals surface area (Å²) in [5.74, 6) is 1.41. The number of ether oxygens (including phenoxy) is 1. The molecule has 5 rings (SSSR count). The van der Waals surface area contributed by atoms with Crippen LogP contribution in [0.2, 0.25) is 0 Å². The predicted octanol–water partition coefficient (Wildman–Crippen LogP) is 3.32. The third kappa shape index (κ3) is 6.46. The van der Waals surface area contributed by atoms with E-state index in [1.165, 1.54) is 18.5 Å². The minimum atomic E-state index is -0.229. The summed E-state index contributed by atoms with van der Waals surface area (Å²) in [6.07, 6.45) is 5.52. The molecule has 9 nitrogen and oxygen atoms in total. The van der Waals surface area contributed by atoms with Gasteiger partial charge >= 0.3 is 6.03 Å². The Kier molecular flexibility index (Phi) is 8.86. The summed E-state index contributed by atoms with van der Waals surface area (Å²) in [4.78, 5) is 37.6. The van der Waals surface area contributed by atoms with E-state index in [-0.39, 0.29) is 18.0 Å². The fourth-order valence-electron chi connectivity index (χ4n) is 6.47. The third-order valence-electron chi connectivity index (χ3n) is 8.39. The Hall–Kier alpha value is -3.33. The Morgan fingerprint density at radius 3 is 2.56 bits per heavy atom. The number of benzene rings is 1. The number of anilines is 2. The second-order valence-corrected chi connectivity index (χ2v) is 11.0. The highest BCUT2D eigenvalue weighted by Gasteiger charge is 2.45. The van der Waals surface area contributed by atoms with Gasteiger partial charge in [-0.2, -0.15) is 0 Å². The van der Waals surface area contributed by atoms with E-state index < -0.39 is 0 Å². The van der Waals surface area contributed by atoms with Crippen LogP contribution in [0.1, 0.15) is 43.4 Å².